The molecule has 4 N–H and O–H groups in total. The maximum atomic E-state index is 13.7. The molecular weight excluding hydrogens is 725 g/mol. The number of thioether (sulfide) groups is 1. The molecule has 0 saturated carbocycles. The standard InChI is InChI=1S/C41H38N4O7S2/c1-5-52-41(50)34-25(2)35(39(49)42-29-18-10-7-11-19-29)54-40(34)45-36(46)26(3)53-31-21-14-20-30(24-31)43-38(48)32(23-28-17-12-13-22-33(28)51-4)44-37(47)27-15-8-6-9-16-27/h6-24,26H,5H2,1-4H3,(H,42,49)(H,43,48)(H,44,47)(H,45,46)/b32-23+. The largest absolute Gasteiger partial charge is 0.496 e. The Bertz CT molecular complexity index is 2190. The van der Waals surface area contributed by atoms with E-state index in [1.54, 1.807) is 124 Å². The quantitative estimate of drug-likeness (QED) is 0.0505. The number of benzene rings is 4. The van der Waals surface area contributed by atoms with Crippen LogP contribution in [0.25, 0.3) is 6.08 Å². The third kappa shape index (κ3) is 10.0. The molecule has 1 aromatic heterocycles. The normalized spacial score (nSPS) is 11.5. The summed E-state index contributed by atoms with van der Waals surface area (Å²) in [5, 5.41) is 10.8. The van der Waals surface area contributed by atoms with Crippen LogP contribution in [0.1, 0.15) is 55.4 Å². The molecule has 11 nitrogen and oxygen atoms in total. The number of methoxy groups -OCH3 is 1. The highest BCUT2D eigenvalue weighted by Crippen LogP contribution is 2.36. The van der Waals surface area contributed by atoms with E-state index >= 15 is 0 Å². The summed E-state index contributed by atoms with van der Waals surface area (Å²) in [5.74, 6) is -2.01. The first-order valence-electron chi connectivity index (χ1n) is 16.8. The molecule has 54 heavy (non-hydrogen) atoms. The Hall–Kier alpha value is -6.18. The van der Waals surface area contributed by atoms with Gasteiger partial charge in [0.05, 0.1) is 29.4 Å². The van der Waals surface area contributed by atoms with Crippen LogP contribution >= 0.6 is 23.1 Å². The van der Waals surface area contributed by atoms with Crippen LogP contribution in [0.5, 0.6) is 5.75 Å². The fourth-order valence-corrected chi connectivity index (χ4v) is 7.20. The molecule has 4 amide bonds. The molecular formula is C41H38N4O7S2. The van der Waals surface area contributed by atoms with Gasteiger partial charge < -0.3 is 30.7 Å². The van der Waals surface area contributed by atoms with Gasteiger partial charge in [-0.15, -0.1) is 23.1 Å². The number of amides is 4. The maximum Gasteiger partial charge on any atom is 0.341 e. The second kappa shape index (κ2) is 18.5. The molecule has 13 heteroatoms. The molecule has 5 aromatic rings. The first-order valence-corrected chi connectivity index (χ1v) is 18.5. The van der Waals surface area contributed by atoms with E-state index in [-0.39, 0.29) is 27.7 Å². The fourth-order valence-electron chi connectivity index (χ4n) is 5.18. The molecule has 5 rings (SSSR count). The van der Waals surface area contributed by atoms with E-state index in [0.29, 0.717) is 38.7 Å². The van der Waals surface area contributed by atoms with Gasteiger partial charge in [0.15, 0.2) is 0 Å². The lowest BCUT2D eigenvalue weighted by molar-refractivity contribution is -0.115. The predicted molar refractivity (Wildman–Crippen MR) is 213 cm³/mol. The van der Waals surface area contributed by atoms with Crippen LogP contribution in [0, 0.1) is 6.92 Å². The summed E-state index contributed by atoms with van der Waals surface area (Å²) in [6.45, 7) is 5.13. The molecule has 0 fully saturated rings. The molecule has 0 aliphatic heterocycles. The summed E-state index contributed by atoms with van der Waals surface area (Å²) in [5.41, 5.74) is 2.46. The van der Waals surface area contributed by atoms with Crippen molar-refractivity contribution in [1.82, 2.24) is 5.32 Å². The second-order valence-corrected chi connectivity index (χ2v) is 14.1. The Kier molecular flexibility index (Phi) is 13.4. The van der Waals surface area contributed by atoms with E-state index in [4.69, 9.17) is 9.47 Å². The van der Waals surface area contributed by atoms with Crippen molar-refractivity contribution in [2.45, 2.75) is 30.9 Å². The number of anilines is 3. The van der Waals surface area contributed by atoms with Crippen LogP contribution in [-0.4, -0.2) is 48.6 Å². The first-order chi connectivity index (χ1) is 26.1. The van der Waals surface area contributed by atoms with Crippen LogP contribution in [-0.2, 0) is 14.3 Å². The van der Waals surface area contributed by atoms with Crippen molar-refractivity contribution in [3.8, 4) is 5.75 Å². The van der Waals surface area contributed by atoms with Crippen LogP contribution in [0.4, 0.5) is 16.4 Å². The van der Waals surface area contributed by atoms with E-state index in [2.05, 4.69) is 21.3 Å². The van der Waals surface area contributed by atoms with Crippen molar-refractivity contribution in [3.05, 3.63) is 142 Å². The van der Waals surface area contributed by atoms with Gasteiger partial charge in [-0.25, -0.2) is 4.79 Å². The van der Waals surface area contributed by atoms with Crippen molar-refractivity contribution in [2.24, 2.45) is 0 Å². The molecule has 0 bridgehead atoms. The zero-order valence-corrected chi connectivity index (χ0v) is 31.6. The van der Waals surface area contributed by atoms with Gasteiger partial charge in [0.2, 0.25) is 5.91 Å². The number of thiophene rings is 1. The minimum Gasteiger partial charge on any atom is -0.496 e. The minimum atomic E-state index is -0.666. The van der Waals surface area contributed by atoms with Crippen molar-refractivity contribution < 1.29 is 33.4 Å². The van der Waals surface area contributed by atoms with E-state index < -0.39 is 34.8 Å². The third-order valence-electron chi connectivity index (χ3n) is 7.84. The molecule has 0 aliphatic rings. The Morgan fingerprint density at radius 1 is 0.796 bits per heavy atom. The molecule has 1 heterocycles. The molecule has 0 aliphatic carbocycles. The van der Waals surface area contributed by atoms with Crippen LogP contribution in [0.3, 0.4) is 0 Å². The van der Waals surface area contributed by atoms with Crippen LogP contribution in [0.2, 0.25) is 0 Å². The molecule has 0 saturated heterocycles. The number of esters is 1. The summed E-state index contributed by atoms with van der Waals surface area (Å²) in [6, 6.07) is 31.5. The number of ether oxygens (including phenoxy) is 2. The lowest BCUT2D eigenvalue weighted by atomic mass is 10.1. The number of hydrogen-bond donors (Lipinski definition) is 4. The van der Waals surface area contributed by atoms with Crippen molar-refractivity contribution in [3.63, 3.8) is 0 Å². The van der Waals surface area contributed by atoms with E-state index in [9.17, 15) is 24.0 Å². The Labute approximate surface area is 321 Å². The summed E-state index contributed by atoms with van der Waals surface area (Å²) >= 11 is 2.22. The van der Waals surface area contributed by atoms with Gasteiger partial charge >= 0.3 is 5.97 Å². The smallest absolute Gasteiger partial charge is 0.341 e. The topological polar surface area (TPSA) is 152 Å². The molecule has 0 radical (unpaired) electrons. The molecule has 0 spiro atoms. The highest BCUT2D eigenvalue weighted by atomic mass is 32.2. The second-order valence-electron chi connectivity index (χ2n) is 11.7. The Morgan fingerprint density at radius 3 is 2.17 bits per heavy atom. The average Bonchev–Trinajstić information content (AvgIpc) is 3.50. The van der Waals surface area contributed by atoms with Gasteiger partial charge in [-0.2, -0.15) is 0 Å². The van der Waals surface area contributed by atoms with Gasteiger partial charge in [-0.3, -0.25) is 19.2 Å². The number of nitrogens with one attached hydrogen (secondary N) is 4. The van der Waals surface area contributed by atoms with Crippen molar-refractivity contribution >= 4 is 75.1 Å². The number of para-hydroxylation sites is 2. The highest BCUT2D eigenvalue weighted by Gasteiger charge is 2.28. The van der Waals surface area contributed by atoms with Crippen molar-refractivity contribution in [1.29, 1.82) is 0 Å². The number of hydrogen-bond acceptors (Lipinski definition) is 9. The number of rotatable bonds is 14. The van der Waals surface area contributed by atoms with Crippen molar-refractivity contribution in [2.75, 3.05) is 29.7 Å². The van der Waals surface area contributed by atoms with Gasteiger partial charge in [0, 0.05) is 27.4 Å². The zero-order chi connectivity index (χ0) is 38.6. The van der Waals surface area contributed by atoms with Gasteiger partial charge in [-0.05, 0) is 80.9 Å². The lowest BCUT2D eigenvalue weighted by Crippen LogP contribution is -2.30. The maximum absolute atomic E-state index is 13.7. The average molecular weight is 763 g/mol. The van der Waals surface area contributed by atoms with E-state index in [1.807, 2.05) is 6.07 Å². The highest BCUT2D eigenvalue weighted by molar-refractivity contribution is 8.00. The summed E-state index contributed by atoms with van der Waals surface area (Å²) in [4.78, 5) is 67.4. The molecule has 276 valence electrons. The predicted octanol–water partition coefficient (Wildman–Crippen LogP) is 8.02. The molecule has 1 unspecified atom stereocenters. The summed E-state index contributed by atoms with van der Waals surface area (Å²) in [6.07, 6.45) is 1.54. The molecule has 4 aromatic carbocycles. The van der Waals surface area contributed by atoms with Gasteiger partial charge in [0.1, 0.15) is 16.4 Å². The molecule has 1 atom stereocenters. The van der Waals surface area contributed by atoms with Gasteiger partial charge in [-0.1, -0.05) is 60.7 Å². The number of carbonyl (C=O) groups excluding carboxylic acids is 5. The van der Waals surface area contributed by atoms with E-state index in [0.717, 1.165) is 11.3 Å². The van der Waals surface area contributed by atoms with Crippen LogP contribution in [0.15, 0.2) is 120 Å². The Morgan fingerprint density at radius 2 is 1.46 bits per heavy atom. The first kappa shape index (κ1) is 39.0. The number of carbonyl (C=O) groups is 5. The van der Waals surface area contributed by atoms with E-state index in [1.165, 1.54) is 24.9 Å². The summed E-state index contributed by atoms with van der Waals surface area (Å²) < 4.78 is 10.7. The SMILES string of the molecule is CCOC(=O)c1c(NC(=O)C(C)Sc2cccc(NC(=O)/C(=C\c3ccccc3OC)NC(=O)c3ccccc3)c2)sc(C(=O)Nc2ccccc2)c1C. The van der Waals surface area contributed by atoms with Crippen LogP contribution < -0.4 is 26.0 Å². The Balaban J connectivity index is 1.32. The fraction of sp³-hybridized carbons (Fsp3) is 0.146. The minimum absolute atomic E-state index is 0.0142. The third-order valence-corrected chi connectivity index (χ3v) is 10.1. The summed E-state index contributed by atoms with van der Waals surface area (Å²) in [7, 11) is 1.52. The lowest BCUT2D eigenvalue weighted by Gasteiger charge is -2.14. The van der Waals surface area contributed by atoms with Gasteiger partial charge in [0.25, 0.3) is 17.7 Å². The zero-order valence-electron chi connectivity index (χ0n) is 29.9. The monoisotopic (exact) mass is 762 g/mol.